The number of hydrogen-bond acceptors (Lipinski definition) is 3. The van der Waals surface area contributed by atoms with E-state index in [9.17, 15) is 0 Å². The van der Waals surface area contributed by atoms with Gasteiger partial charge in [-0.05, 0) is 22.9 Å². The van der Waals surface area contributed by atoms with Gasteiger partial charge < -0.3 is 5.73 Å². The van der Waals surface area contributed by atoms with Gasteiger partial charge in [0.05, 0.1) is 9.48 Å². The van der Waals surface area contributed by atoms with Gasteiger partial charge in [0.15, 0.2) is 0 Å². The zero-order valence-corrected chi connectivity index (χ0v) is 9.92. The zero-order valence-electron chi connectivity index (χ0n) is 7.52. The first kappa shape index (κ1) is 10.2. The quantitative estimate of drug-likeness (QED) is 0.874. The topological polar surface area (TPSA) is 38.9 Å². The molecule has 0 aliphatic rings. The van der Waals surface area contributed by atoms with E-state index in [4.69, 9.17) is 5.73 Å². The Hall–Kier alpha value is 0.0700. The van der Waals surface area contributed by atoms with E-state index in [1.165, 1.54) is 0 Å². The van der Waals surface area contributed by atoms with Crippen molar-refractivity contribution in [2.45, 2.75) is 26.2 Å². The summed E-state index contributed by atoms with van der Waals surface area (Å²) < 4.78 is 1.11. The van der Waals surface area contributed by atoms with Crippen LogP contribution in [0.5, 0.6) is 0 Å². The van der Waals surface area contributed by atoms with Crippen LogP contribution in [0.1, 0.15) is 24.5 Å². The molecule has 0 aliphatic heterocycles. The van der Waals surface area contributed by atoms with Crippen LogP contribution in [0.15, 0.2) is 3.79 Å². The minimum Gasteiger partial charge on any atom is -0.330 e. The highest BCUT2D eigenvalue weighted by atomic mass is 79.9. The first-order valence-corrected chi connectivity index (χ1v) is 5.42. The molecule has 0 radical (unpaired) electrons. The molecule has 0 aliphatic carbocycles. The average molecular weight is 249 g/mol. The molecule has 0 bridgehead atoms. The van der Waals surface area contributed by atoms with E-state index >= 15 is 0 Å². The Morgan fingerprint density at radius 3 is 2.50 bits per heavy atom. The zero-order chi connectivity index (χ0) is 9.35. The maximum Gasteiger partial charge on any atom is 0.101 e. The third-order valence-electron chi connectivity index (χ3n) is 1.83. The van der Waals surface area contributed by atoms with Gasteiger partial charge in [0.25, 0.3) is 0 Å². The van der Waals surface area contributed by atoms with Gasteiger partial charge in [-0.1, -0.05) is 13.8 Å². The second-order valence-electron chi connectivity index (χ2n) is 3.47. The van der Waals surface area contributed by atoms with Crippen LogP contribution >= 0.6 is 27.3 Å². The third-order valence-corrected chi connectivity index (χ3v) is 4.20. The SMILES string of the molecule is Cc1nc(C(C)(C)CN)sc1Br. The van der Waals surface area contributed by atoms with Crippen LogP contribution in [0.3, 0.4) is 0 Å². The van der Waals surface area contributed by atoms with Gasteiger partial charge in [0.2, 0.25) is 0 Å². The Morgan fingerprint density at radius 2 is 2.17 bits per heavy atom. The van der Waals surface area contributed by atoms with Crippen molar-refractivity contribution in [2.75, 3.05) is 6.54 Å². The van der Waals surface area contributed by atoms with Crippen LogP contribution in [0.4, 0.5) is 0 Å². The standard InChI is InChI=1S/C8H13BrN2S/c1-5-6(9)12-7(11-5)8(2,3)4-10/h4,10H2,1-3H3. The van der Waals surface area contributed by atoms with Gasteiger partial charge >= 0.3 is 0 Å². The minimum absolute atomic E-state index is 0.00144. The van der Waals surface area contributed by atoms with Crippen molar-refractivity contribution in [1.82, 2.24) is 4.98 Å². The maximum absolute atomic E-state index is 5.65. The second-order valence-corrected chi connectivity index (χ2v) is 5.78. The normalized spacial score (nSPS) is 12.1. The lowest BCUT2D eigenvalue weighted by molar-refractivity contribution is 0.534. The summed E-state index contributed by atoms with van der Waals surface area (Å²) in [6.07, 6.45) is 0. The van der Waals surface area contributed by atoms with Crippen molar-refractivity contribution < 1.29 is 0 Å². The molecule has 0 amide bonds. The van der Waals surface area contributed by atoms with E-state index < -0.39 is 0 Å². The number of hydrogen-bond donors (Lipinski definition) is 1. The Morgan fingerprint density at radius 1 is 1.58 bits per heavy atom. The molecule has 0 spiro atoms. The predicted octanol–water partition coefficient (Wildman–Crippen LogP) is 2.45. The molecule has 1 aromatic rings. The first-order valence-electron chi connectivity index (χ1n) is 3.81. The maximum atomic E-state index is 5.65. The molecule has 2 N–H and O–H groups in total. The molecule has 0 atom stereocenters. The molecular weight excluding hydrogens is 236 g/mol. The van der Waals surface area contributed by atoms with E-state index in [1.807, 2.05) is 6.92 Å². The summed E-state index contributed by atoms with van der Waals surface area (Å²) in [5.41, 5.74) is 6.70. The predicted molar refractivity (Wildman–Crippen MR) is 56.6 cm³/mol. The Bertz CT molecular complexity index is 261. The van der Waals surface area contributed by atoms with Crippen LogP contribution in [-0.2, 0) is 5.41 Å². The van der Waals surface area contributed by atoms with E-state index in [0.29, 0.717) is 6.54 Å². The van der Waals surface area contributed by atoms with Gasteiger partial charge in [-0.15, -0.1) is 11.3 Å². The van der Waals surface area contributed by atoms with Crippen LogP contribution < -0.4 is 5.73 Å². The summed E-state index contributed by atoms with van der Waals surface area (Å²) in [4.78, 5) is 4.44. The fourth-order valence-electron chi connectivity index (χ4n) is 0.755. The highest BCUT2D eigenvalue weighted by molar-refractivity contribution is 9.11. The van der Waals surface area contributed by atoms with Gasteiger partial charge in [-0.3, -0.25) is 0 Å². The highest BCUT2D eigenvalue weighted by Crippen LogP contribution is 2.31. The lowest BCUT2D eigenvalue weighted by atomic mass is 9.95. The molecule has 1 aromatic heterocycles. The Kier molecular flexibility index (Phi) is 2.91. The molecule has 1 heterocycles. The molecule has 0 fully saturated rings. The summed E-state index contributed by atoms with van der Waals surface area (Å²) >= 11 is 5.12. The summed E-state index contributed by atoms with van der Waals surface area (Å²) in [6, 6.07) is 0. The summed E-state index contributed by atoms with van der Waals surface area (Å²) in [7, 11) is 0. The largest absolute Gasteiger partial charge is 0.330 e. The van der Waals surface area contributed by atoms with Crippen molar-refractivity contribution in [1.29, 1.82) is 0 Å². The summed E-state index contributed by atoms with van der Waals surface area (Å²) in [5.74, 6) is 0. The molecule has 0 unspecified atom stereocenters. The van der Waals surface area contributed by atoms with Gasteiger partial charge in [-0.2, -0.15) is 0 Å². The van der Waals surface area contributed by atoms with Crippen LogP contribution in [0, 0.1) is 6.92 Å². The Balaban J connectivity index is 3.04. The summed E-state index contributed by atoms with van der Waals surface area (Å²) in [6.45, 7) is 6.85. The van der Waals surface area contributed by atoms with E-state index in [1.54, 1.807) is 11.3 Å². The molecule has 0 saturated carbocycles. The number of nitrogens with zero attached hydrogens (tertiary/aromatic N) is 1. The van der Waals surface area contributed by atoms with Crippen LogP contribution in [0.2, 0.25) is 0 Å². The first-order chi connectivity index (χ1) is 5.47. The van der Waals surface area contributed by atoms with E-state index in [-0.39, 0.29) is 5.41 Å². The number of aryl methyl sites for hydroxylation is 1. The lowest BCUT2D eigenvalue weighted by Crippen LogP contribution is -2.27. The lowest BCUT2D eigenvalue weighted by Gasteiger charge is -2.18. The third kappa shape index (κ3) is 1.87. The van der Waals surface area contributed by atoms with Crippen molar-refractivity contribution >= 4 is 27.3 Å². The molecule has 1 rings (SSSR count). The second kappa shape index (κ2) is 3.44. The van der Waals surface area contributed by atoms with Crippen molar-refractivity contribution in [3.05, 3.63) is 14.5 Å². The molecule has 2 nitrogen and oxygen atoms in total. The fourth-order valence-corrected chi connectivity index (χ4v) is 2.21. The molecule has 4 heteroatoms. The molecule has 0 saturated heterocycles. The van der Waals surface area contributed by atoms with E-state index in [0.717, 1.165) is 14.5 Å². The molecule has 0 aromatic carbocycles. The summed E-state index contributed by atoms with van der Waals surface area (Å²) in [5, 5.41) is 1.11. The number of halogens is 1. The van der Waals surface area contributed by atoms with Crippen LogP contribution in [-0.4, -0.2) is 11.5 Å². The van der Waals surface area contributed by atoms with Crippen molar-refractivity contribution in [2.24, 2.45) is 5.73 Å². The minimum atomic E-state index is 0.00144. The number of aromatic nitrogens is 1. The highest BCUT2D eigenvalue weighted by Gasteiger charge is 2.23. The Labute approximate surface area is 85.3 Å². The number of rotatable bonds is 2. The molecular formula is C8H13BrN2S. The van der Waals surface area contributed by atoms with E-state index in [2.05, 4.69) is 34.8 Å². The number of thiazole rings is 1. The van der Waals surface area contributed by atoms with Crippen molar-refractivity contribution in [3.63, 3.8) is 0 Å². The van der Waals surface area contributed by atoms with Gasteiger partial charge in [-0.25, -0.2) is 4.98 Å². The average Bonchev–Trinajstić information content (AvgIpc) is 2.33. The van der Waals surface area contributed by atoms with Crippen molar-refractivity contribution in [3.8, 4) is 0 Å². The smallest absolute Gasteiger partial charge is 0.101 e. The monoisotopic (exact) mass is 248 g/mol. The van der Waals surface area contributed by atoms with Gasteiger partial charge in [0.1, 0.15) is 5.01 Å². The number of nitrogens with two attached hydrogens (primary N) is 1. The van der Waals surface area contributed by atoms with Crippen LogP contribution in [0.25, 0.3) is 0 Å². The molecule has 68 valence electrons. The van der Waals surface area contributed by atoms with Gasteiger partial charge in [0, 0.05) is 12.0 Å². The molecule has 12 heavy (non-hydrogen) atoms. The fraction of sp³-hybridized carbons (Fsp3) is 0.625.